The van der Waals surface area contributed by atoms with Gasteiger partial charge in [-0.2, -0.15) is 18.3 Å². The summed E-state index contributed by atoms with van der Waals surface area (Å²) in [6, 6.07) is 1.38. The van der Waals surface area contributed by atoms with E-state index in [-0.39, 0.29) is 25.7 Å². The second kappa shape index (κ2) is 13.1. The molecule has 1 saturated heterocycles. The minimum absolute atomic E-state index is 0.0269. The van der Waals surface area contributed by atoms with Crippen molar-refractivity contribution < 1.29 is 45.4 Å². The Morgan fingerprint density at radius 3 is 2.59 bits per heavy atom. The molecule has 5 N–H and O–H groups in total. The third-order valence-corrected chi connectivity index (χ3v) is 8.25. The molecular weight excluding hydrogens is 573 g/mol. The monoisotopic (exact) mass is 606 g/mol. The number of nitrogens with one attached hydrogen (secondary N) is 3. The van der Waals surface area contributed by atoms with Crippen molar-refractivity contribution in [2.45, 2.75) is 49.0 Å². The highest BCUT2D eigenvalue weighted by Crippen LogP contribution is 2.45. The van der Waals surface area contributed by atoms with Crippen molar-refractivity contribution in [1.29, 1.82) is 0 Å². The minimum Gasteiger partial charge on any atom is -0.465 e. The Hall–Kier alpha value is -3.28. The molecule has 228 valence electrons. The normalized spacial score (nSPS) is 23.7. The lowest BCUT2D eigenvalue weighted by molar-refractivity contribution is -0.142. The molecule has 1 saturated carbocycles. The van der Waals surface area contributed by atoms with E-state index >= 15 is 0 Å². The summed E-state index contributed by atoms with van der Waals surface area (Å²) in [4.78, 5) is 39.8. The Morgan fingerprint density at radius 2 is 1.98 bits per heavy atom. The van der Waals surface area contributed by atoms with Crippen molar-refractivity contribution in [3.8, 4) is 0 Å². The number of Topliss-reactive ketones (excluding diaryl/α,β-unsaturated/α-hetero) is 1. The minimum atomic E-state index is -4.65. The Labute approximate surface area is 235 Å². The van der Waals surface area contributed by atoms with Gasteiger partial charge in [-0.1, -0.05) is 0 Å². The number of benzene rings is 1. The van der Waals surface area contributed by atoms with Crippen LogP contribution in [0.5, 0.6) is 0 Å². The molecule has 0 spiro atoms. The number of halogens is 3. The molecule has 1 aromatic carbocycles. The molecular formula is C24H33F3N6O7S. The van der Waals surface area contributed by atoms with Gasteiger partial charge in [0.1, 0.15) is 6.34 Å². The molecule has 1 amide bonds. The number of nitrogens with two attached hydrogens (primary N) is 1. The highest BCUT2D eigenvalue weighted by atomic mass is 32.2. The first kappa shape index (κ1) is 32.2. The molecule has 2 aliphatic rings. The standard InChI is InChI=1S/C24H33F3N6O7S/c1-3-39-20(34)12-30-23(10-19(23)22(36)29-11-17-13-33(14-31-28)8-9-40-17)21(35)15(2)32-41(37,38)18-6-4-16(5-7-18)24(25,26)27/h4-7,14-15,17,19,30,32H,3,8-13,28H2,1-2H3,(H,29,36)/t15-,17+,19+,23?/m0/s1. The van der Waals surface area contributed by atoms with E-state index in [4.69, 9.17) is 15.3 Å². The molecule has 1 aliphatic heterocycles. The summed E-state index contributed by atoms with van der Waals surface area (Å²) in [6.45, 7) is 4.00. The van der Waals surface area contributed by atoms with Crippen molar-refractivity contribution in [2.24, 2.45) is 16.9 Å². The van der Waals surface area contributed by atoms with Crippen LogP contribution >= 0.6 is 0 Å². The van der Waals surface area contributed by atoms with E-state index in [1.807, 2.05) is 4.90 Å². The van der Waals surface area contributed by atoms with Gasteiger partial charge in [-0.05, 0) is 44.5 Å². The number of ether oxygens (including phenoxy) is 2. The molecule has 1 aromatic rings. The molecule has 1 unspecified atom stereocenters. The SMILES string of the molecule is CCOC(=O)CNC1(C(=O)[C@H](C)NS(=O)(=O)c2ccc(C(F)(F)F)cc2)C[C@@H]1C(=O)NC[C@@H]1CN(C=NN)CCO1. The molecule has 13 nitrogen and oxygen atoms in total. The fraction of sp³-hybridized carbons (Fsp3) is 0.583. The van der Waals surface area contributed by atoms with E-state index in [9.17, 15) is 36.0 Å². The molecule has 17 heteroatoms. The van der Waals surface area contributed by atoms with E-state index in [0.717, 1.165) is 12.1 Å². The number of rotatable bonds is 13. The van der Waals surface area contributed by atoms with Crippen LogP contribution in [0.25, 0.3) is 0 Å². The lowest BCUT2D eigenvalue weighted by Gasteiger charge is -2.31. The zero-order valence-electron chi connectivity index (χ0n) is 22.4. The van der Waals surface area contributed by atoms with Gasteiger partial charge < -0.3 is 25.5 Å². The molecule has 3 rings (SSSR count). The van der Waals surface area contributed by atoms with Crippen molar-refractivity contribution in [2.75, 3.05) is 39.4 Å². The number of carbonyl (C=O) groups is 3. The van der Waals surface area contributed by atoms with E-state index < -0.39 is 68.4 Å². The number of sulfonamides is 1. The highest BCUT2D eigenvalue weighted by Gasteiger charge is 2.64. The molecule has 1 heterocycles. The summed E-state index contributed by atoms with van der Waals surface area (Å²) in [5, 5.41) is 8.96. The molecule has 0 aromatic heterocycles. The number of ketones is 1. The van der Waals surface area contributed by atoms with E-state index in [2.05, 4.69) is 20.5 Å². The van der Waals surface area contributed by atoms with Crippen LogP contribution in [0.4, 0.5) is 13.2 Å². The summed E-state index contributed by atoms with van der Waals surface area (Å²) in [5.74, 6) is 2.33. The van der Waals surface area contributed by atoms with Crippen LogP contribution in [0, 0.1) is 5.92 Å². The number of morpholine rings is 1. The van der Waals surface area contributed by atoms with Crippen molar-refractivity contribution in [1.82, 2.24) is 20.3 Å². The number of hydrazone groups is 1. The van der Waals surface area contributed by atoms with Gasteiger partial charge in [-0.15, -0.1) is 0 Å². The van der Waals surface area contributed by atoms with Crippen molar-refractivity contribution >= 4 is 34.0 Å². The summed E-state index contributed by atoms with van der Waals surface area (Å²) in [5.41, 5.74) is -2.61. The number of nitrogens with zero attached hydrogens (tertiary/aromatic N) is 2. The van der Waals surface area contributed by atoms with Gasteiger partial charge in [0, 0.05) is 19.6 Å². The van der Waals surface area contributed by atoms with E-state index in [0.29, 0.717) is 31.8 Å². The van der Waals surface area contributed by atoms with Crippen LogP contribution in [0.3, 0.4) is 0 Å². The van der Waals surface area contributed by atoms with Gasteiger partial charge in [0.05, 0.1) is 53.8 Å². The molecule has 41 heavy (non-hydrogen) atoms. The lowest BCUT2D eigenvalue weighted by atomic mass is 10.0. The first-order valence-corrected chi connectivity index (χ1v) is 14.2. The first-order chi connectivity index (χ1) is 19.2. The van der Waals surface area contributed by atoms with Crippen LogP contribution < -0.4 is 21.2 Å². The molecule has 4 atom stereocenters. The molecule has 0 bridgehead atoms. The van der Waals surface area contributed by atoms with Crippen LogP contribution in [0.2, 0.25) is 0 Å². The molecule has 0 radical (unpaired) electrons. The zero-order chi connectivity index (χ0) is 30.4. The van der Waals surface area contributed by atoms with Gasteiger partial charge in [0.25, 0.3) is 0 Å². The fourth-order valence-electron chi connectivity index (χ4n) is 4.54. The second-order valence-electron chi connectivity index (χ2n) is 9.61. The number of carbonyl (C=O) groups excluding carboxylic acids is 3. The summed E-state index contributed by atoms with van der Waals surface area (Å²) >= 11 is 0. The summed E-state index contributed by atoms with van der Waals surface area (Å²) < 4.78 is 76.9. The Bertz CT molecular complexity index is 1250. The van der Waals surface area contributed by atoms with Gasteiger partial charge in [0.15, 0.2) is 5.78 Å². The summed E-state index contributed by atoms with van der Waals surface area (Å²) in [7, 11) is -4.41. The molecule has 2 fully saturated rings. The number of esters is 1. The maximum absolute atomic E-state index is 13.5. The Balaban J connectivity index is 1.70. The van der Waals surface area contributed by atoms with Crippen LogP contribution in [-0.2, 0) is 40.1 Å². The van der Waals surface area contributed by atoms with Gasteiger partial charge in [-0.25, -0.2) is 13.1 Å². The Morgan fingerprint density at radius 1 is 1.29 bits per heavy atom. The Kier molecular flexibility index (Phi) is 10.3. The highest BCUT2D eigenvalue weighted by molar-refractivity contribution is 7.89. The smallest absolute Gasteiger partial charge is 0.416 e. The van der Waals surface area contributed by atoms with Gasteiger partial charge in [0.2, 0.25) is 15.9 Å². The third kappa shape index (κ3) is 8.15. The number of amides is 1. The first-order valence-electron chi connectivity index (χ1n) is 12.7. The van der Waals surface area contributed by atoms with E-state index in [1.165, 1.54) is 13.3 Å². The predicted octanol–water partition coefficient (Wildman–Crippen LogP) is -0.428. The maximum Gasteiger partial charge on any atom is 0.416 e. The number of hydrogen-bond acceptors (Lipinski definition) is 10. The average Bonchev–Trinajstić information content (AvgIpc) is 3.66. The lowest BCUT2D eigenvalue weighted by Crippen LogP contribution is -2.54. The quantitative estimate of drug-likeness (QED) is 0.0756. The van der Waals surface area contributed by atoms with Crippen LogP contribution in [0.1, 0.15) is 25.8 Å². The van der Waals surface area contributed by atoms with Gasteiger partial charge >= 0.3 is 12.1 Å². The van der Waals surface area contributed by atoms with Gasteiger partial charge in [-0.3, -0.25) is 19.7 Å². The topological polar surface area (TPSA) is 182 Å². The predicted molar refractivity (Wildman–Crippen MR) is 139 cm³/mol. The molecule has 1 aliphatic carbocycles. The fourth-order valence-corrected chi connectivity index (χ4v) is 5.75. The largest absolute Gasteiger partial charge is 0.465 e. The van der Waals surface area contributed by atoms with Crippen molar-refractivity contribution in [3.05, 3.63) is 29.8 Å². The zero-order valence-corrected chi connectivity index (χ0v) is 23.3. The average molecular weight is 607 g/mol. The number of alkyl halides is 3. The van der Waals surface area contributed by atoms with E-state index in [1.54, 1.807) is 6.92 Å². The second-order valence-corrected chi connectivity index (χ2v) is 11.3. The van der Waals surface area contributed by atoms with Crippen LogP contribution in [0.15, 0.2) is 34.3 Å². The van der Waals surface area contributed by atoms with Crippen molar-refractivity contribution in [3.63, 3.8) is 0 Å². The van der Waals surface area contributed by atoms with Crippen LogP contribution in [-0.4, -0.2) is 94.4 Å². The number of hydrogen-bond donors (Lipinski definition) is 4. The third-order valence-electron chi connectivity index (χ3n) is 6.69. The maximum atomic E-state index is 13.5. The summed E-state index contributed by atoms with van der Waals surface area (Å²) in [6.07, 6.45) is -3.61.